The average Bonchev–Trinajstić information content (AvgIpc) is 2.40. The molecule has 0 spiro atoms. The summed E-state index contributed by atoms with van der Waals surface area (Å²) in [5.74, 6) is -0.106. The molecule has 0 aliphatic rings. The van der Waals surface area contributed by atoms with Crippen LogP contribution < -0.4 is 10.5 Å². The van der Waals surface area contributed by atoms with Crippen LogP contribution in [0.2, 0.25) is 0 Å². The number of rotatable bonds is 5. The summed E-state index contributed by atoms with van der Waals surface area (Å²) in [7, 11) is -3.40. The standard InChI is InChI=1S/C15H18N2O2S/c1-12-6-2-3-7-13(12)10-17-20(18,19)11-14-8-4-5-9-15(14)16/h2-9,17H,10-11,16H2,1H3. The summed E-state index contributed by atoms with van der Waals surface area (Å²) >= 11 is 0. The second-order valence-electron chi connectivity index (χ2n) is 4.71. The molecule has 0 bridgehead atoms. The molecule has 4 nitrogen and oxygen atoms in total. The van der Waals surface area contributed by atoms with Gasteiger partial charge in [-0.1, -0.05) is 42.5 Å². The lowest BCUT2D eigenvalue weighted by atomic mass is 10.1. The Morgan fingerprint density at radius 1 is 1.00 bits per heavy atom. The Morgan fingerprint density at radius 2 is 1.60 bits per heavy atom. The first-order valence-corrected chi connectivity index (χ1v) is 7.98. The van der Waals surface area contributed by atoms with Gasteiger partial charge in [-0.25, -0.2) is 13.1 Å². The number of nitrogens with one attached hydrogen (secondary N) is 1. The molecule has 0 fully saturated rings. The van der Waals surface area contributed by atoms with Crippen molar-refractivity contribution in [3.8, 4) is 0 Å². The zero-order valence-corrected chi connectivity index (χ0v) is 12.2. The van der Waals surface area contributed by atoms with E-state index in [-0.39, 0.29) is 5.75 Å². The summed E-state index contributed by atoms with van der Waals surface area (Å²) in [6.45, 7) is 2.25. The fourth-order valence-electron chi connectivity index (χ4n) is 1.92. The number of nitrogen functional groups attached to an aromatic ring is 1. The second-order valence-corrected chi connectivity index (χ2v) is 6.51. The monoisotopic (exact) mass is 290 g/mol. The molecule has 2 aromatic carbocycles. The summed E-state index contributed by atoms with van der Waals surface area (Å²) in [5, 5.41) is 0. The quantitative estimate of drug-likeness (QED) is 0.829. The lowest BCUT2D eigenvalue weighted by Crippen LogP contribution is -2.25. The van der Waals surface area contributed by atoms with E-state index in [2.05, 4.69) is 4.72 Å². The van der Waals surface area contributed by atoms with Crippen LogP contribution in [0.5, 0.6) is 0 Å². The van der Waals surface area contributed by atoms with Crippen molar-refractivity contribution in [3.63, 3.8) is 0 Å². The largest absolute Gasteiger partial charge is 0.398 e. The van der Waals surface area contributed by atoms with Gasteiger partial charge in [0.15, 0.2) is 0 Å². The van der Waals surface area contributed by atoms with Crippen LogP contribution in [0, 0.1) is 6.92 Å². The lowest BCUT2D eigenvalue weighted by molar-refractivity contribution is 0.580. The van der Waals surface area contributed by atoms with Crippen molar-refractivity contribution in [1.82, 2.24) is 4.72 Å². The number of hydrogen-bond donors (Lipinski definition) is 2. The number of nitrogens with two attached hydrogens (primary N) is 1. The molecule has 0 saturated carbocycles. The summed E-state index contributed by atoms with van der Waals surface area (Å²) < 4.78 is 26.7. The van der Waals surface area contributed by atoms with Crippen LogP contribution >= 0.6 is 0 Å². The smallest absolute Gasteiger partial charge is 0.216 e. The Hall–Kier alpha value is -1.85. The number of para-hydroxylation sites is 1. The first-order valence-electron chi connectivity index (χ1n) is 6.33. The highest BCUT2D eigenvalue weighted by Gasteiger charge is 2.13. The molecule has 0 aliphatic heterocycles. The van der Waals surface area contributed by atoms with Crippen LogP contribution in [0.25, 0.3) is 0 Å². The normalized spacial score (nSPS) is 11.4. The molecule has 0 aliphatic carbocycles. The molecule has 5 heteroatoms. The maximum atomic E-state index is 12.1. The van der Waals surface area contributed by atoms with E-state index in [4.69, 9.17) is 5.73 Å². The van der Waals surface area contributed by atoms with Crippen LogP contribution in [0.3, 0.4) is 0 Å². The zero-order chi connectivity index (χ0) is 14.6. The minimum Gasteiger partial charge on any atom is -0.398 e. The minimum atomic E-state index is -3.40. The lowest BCUT2D eigenvalue weighted by Gasteiger charge is -2.10. The molecule has 0 heterocycles. The van der Waals surface area contributed by atoms with Crippen LogP contribution in [0.15, 0.2) is 48.5 Å². The fourth-order valence-corrected chi connectivity index (χ4v) is 3.07. The van der Waals surface area contributed by atoms with Gasteiger partial charge in [-0.05, 0) is 29.7 Å². The van der Waals surface area contributed by atoms with Crippen molar-refractivity contribution in [2.24, 2.45) is 0 Å². The second kappa shape index (κ2) is 6.07. The highest BCUT2D eigenvalue weighted by molar-refractivity contribution is 7.88. The number of anilines is 1. The minimum absolute atomic E-state index is 0.106. The van der Waals surface area contributed by atoms with Crippen molar-refractivity contribution < 1.29 is 8.42 Å². The number of benzene rings is 2. The Morgan fingerprint density at radius 3 is 2.25 bits per heavy atom. The van der Waals surface area contributed by atoms with Crippen molar-refractivity contribution in [2.75, 3.05) is 5.73 Å². The van der Waals surface area contributed by atoms with Gasteiger partial charge in [-0.2, -0.15) is 0 Å². The van der Waals surface area contributed by atoms with E-state index in [9.17, 15) is 8.42 Å². The summed E-state index contributed by atoms with van der Waals surface area (Å²) in [6, 6.07) is 14.7. The molecule has 106 valence electrons. The molecule has 0 amide bonds. The molecule has 20 heavy (non-hydrogen) atoms. The van der Waals surface area contributed by atoms with Crippen molar-refractivity contribution in [2.45, 2.75) is 19.2 Å². The van der Waals surface area contributed by atoms with E-state index >= 15 is 0 Å². The van der Waals surface area contributed by atoms with Gasteiger partial charge in [0.05, 0.1) is 5.75 Å². The van der Waals surface area contributed by atoms with Crippen LogP contribution in [-0.4, -0.2) is 8.42 Å². The maximum Gasteiger partial charge on any atom is 0.216 e. The molecule has 2 rings (SSSR count). The molecule has 0 saturated heterocycles. The van der Waals surface area contributed by atoms with Gasteiger partial charge < -0.3 is 5.73 Å². The van der Waals surface area contributed by atoms with E-state index in [0.717, 1.165) is 11.1 Å². The van der Waals surface area contributed by atoms with Crippen LogP contribution in [0.4, 0.5) is 5.69 Å². The average molecular weight is 290 g/mol. The van der Waals surface area contributed by atoms with Crippen LogP contribution in [0.1, 0.15) is 16.7 Å². The first-order chi connectivity index (χ1) is 9.48. The molecular formula is C15H18N2O2S. The molecule has 0 aromatic heterocycles. The van der Waals surface area contributed by atoms with E-state index < -0.39 is 10.0 Å². The van der Waals surface area contributed by atoms with Gasteiger partial charge in [-0.15, -0.1) is 0 Å². The first kappa shape index (κ1) is 14.6. The van der Waals surface area contributed by atoms with Crippen molar-refractivity contribution in [3.05, 3.63) is 65.2 Å². The third-order valence-electron chi connectivity index (χ3n) is 3.14. The van der Waals surface area contributed by atoms with E-state index in [0.29, 0.717) is 17.8 Å². The molecule has 3 N–H and O–H groups in total. The van der Waals surface area contributed by atoms with E-state index in [1.807, 2.05) is 31.2 Å². The summed E-state index contributed by atoms with van der Waals surface area (Å²) in [4.78, 5) is 0. The van der Waals surface area contributed by atoms with Gasteiger partial charge in [0.1, 0.15) is 0 Å². The predicted molar refractivity (Wildman–Crippen MR) is 81.5 cm³/mol. The van der Waals surface area contributed by atoms with Gasteiger partial charge >= 0.3 is 0 Å². The zero-order valence-electron chi connectivity index (χ0n) is 11.3. The summed E-state index contributed by atoms with van der Waals surface area (Å²) in [6.07, 6.45) is 0. The SMILES string of the molecule is Cc1ccccc1CNS(=O)(=O)Cc1ccccc1N. The van der Waals surface area contributed by atoms with Gasteiger partial charge in [0.2, 0.25) is 10.0 Å². The van der Waals surface area contributed by atoms with Crippen molar-refractivity contribution in [1.29, 1.82) is 0 Å². The molecular weight excluding hydrogens is 272 g/mol. The van der Waals surface area contributed by atoms with E-state index in [1.54, 1.807) is 24.3 Å². The number of hydrogen-bond acceptors (Lipinski definition) is 3. The molecule has 2 aromatic rings. The van der Waals surface area contributed by atoms with Crippen LogP contribution in [-0.2, 0) is 22.3 Å². The highest BCUT2D eigenvalue weighted by atomic mass is 32.2. The number of sulfonamides is 1. The topological polar surface area (TPSA) is 72.2 Å². The summed E-state index contributed by atoms with van der Waals surface area (Å²) in [5.41, 5.74) is 8.91. The highest BCUT2D eigenvalue weighted by Crippen LogP contribution is 2.14. The molecule has 0 unspecified atom stereocenters. The maximum absolute atomic E-state index is 12.1. The molecule has 0 radical (unpaired) electrons. The Balaban J connectivity index is 2.05. The predicted octanol–water partition coefficient (Wildman–Crippen LogP) is 2.20. The molecule has 0 atom stereocenters. The fraction of sp³-hybridized carbons (Fsp3) is 0.200. The van der Waals surface area contributed by atoms with E-state index in [1.165, 1.54) is 0 Å². The third kappa shape index (κ3) is 3.82. The van der Waals surface area contributed by atoms with Gasteiger partial charge in [0, 0.05) is 12.2 Å². The number of aryl methyl sites for hydroxylation is 1. The Labute approximate surface area is 119 Å². The van der Waals surface area contributed by atoms with Crippen molar-refractivity contribution >= 4 is 15.7 Å². The third-order valence-corrected chi connectivity index (χ3v) is 4.42. The van der Waals surface area contributed by atoms with Gasteiger partial charge in [-0.3, -0.25) is 0 Å². The Bertz CT molecular complexity index is 697. The Kier molecular flexibility index (Phi) is 4.42. The van der Waals surface area contributed by atoms with Gasteiger partial charge in [0.25, 0.3) is 0 Å².